The molecule has 7 heteroatoms. The van der Waals surface area contributed by atoms with Crippen LogP contribution in [0.1, 0.15) is 56.7 Å². The largest absolute Gasteiger partial charge is 0.356 e. The Balaban J connectivity index is 1.47. The minimum Gasteiger partial charge on any atom is -0.356 e. The van der Waals surface area contributed by atoms with E-state index in [1.54, 1.807) is 6.92 Å². The van der Waals surface area contributed by atoms with Crippen molar-refractivity contribution in [3.8, 4) is 0 Å². The lowest BCUT2D eigenvalue weighted by atomic mass is 9.78. The molecular weight excluding hydrogens is 320 g/mol. The molecule has 0 radical (unpaired) electrons. The van der Waals surface area contributed by atoms with Gasteiger partial charge in [-0.1, -0.05) is 18.0 Å². The highest BCUT2D eigenvalue weighted by atomic mass is 16.5. The zero-order valence-electron chi connectivity index (χ0n) is 15.0. The number of hydrogen-bond donors (Lipinski definition) is 1. The second kappa shape index (κ2) is 8.45. The molecule has 2 heterocycles. The van der Waals surface area contributed by atoms with E-state index in [9.17, 15) is 9.59 Å². The molecular formula is C18H28N4O3. The first-order valence-electron chi connectivity index (χ1n) is 9.51. The normalized spacial score (nSPS) is 23.6. The van der Waals surface area contributed by atoms with Crippen molar-refractivity contribution < 1.29 is 14.1 Å². The Hall–Kier alpha value is -1.92. The molecule has 2 atom stereocenters. The highest BCUT2D eigenvalue weighted by Gasteiger charge is 2.38. The van der Waals surface area contributed by atoms with Crippen LogP contribution in [0.3, 0.4) is 0 Å². The number of hydrogen-bond acceptors (Lipinski definition) is 5. The lowest BCUT2D eigenvalue weighted by molar-refractivity contribution is -0.142. The van der Waals surface area contributed by atoms with Gasteiger partial charge >= 0.3 is 0 Å². The van der Waals surface area contributed by atoms with Crippen molar-refractivity contribution in [2.75, 3.05) is 19.6 Å². The third-order valence-corrected chi connectivity index (χ3v) is 5.27. The van der Waals surface area contributed by atoms with Crippen LogP contribution in [-0.2, 0) is 16.0 Å². The standard InChI is InChI=1S/C18H28N4O3/c1-13-20-16(25-21-13)9-6-10-19-17(23)14-7-2-3-8-15(14)18(24)22-11-4-5-12-22/h14-15H,2-12H2,1H3,(H,19,23)/t14-,15+/m0/s1. The Kier molecular flexibility index (Phi) is 6.04. The number of nitrogens with zero attached hydrogens (tertiary/aromatic N) is 3. The zero-order chi connectivity index (χ0) is 17.6. The molecule has 1 N–H and O–H groups in total. The second-order valence-corrected chi connectivity index (χ2v) is 7.16. The first-order chi connectivity index (χ1) is 12.1. The maximum atomic E-state index is 12.8. The molecule has 1 saturated carbocycles. The Morgan fingerprint density at radius 1 is 1.16 bits per heavy atom. The molecule has 2 aliphatic rings. The minimum absolute atomic E-state index is 0.0268. The van der Waals surface area contributed by atoms with Crippen molar-refractivity contribution in [2.45, 2.75) is 58.3 Å². The fourth-order valence-corrected chi connectivity index (χ4v) is 3.94. The topological polar surface area (TPSA) is 88.3 Å². The molecule has 2 fully saturated rings. The van der Waals surface area contributed by atoms with Gasteiger partial charge in [0.1, 0.15) is 0 Å². The Bertz CT molecular complexity index is 595. The summed E-state index contributed by atoms with van der Waals surface area (Å²) >= 11 is 0. The summed E-state index contributed by atoms with van der Waals surface area (Å²) in [6.45, 7) is 4.07. The number of aryl methyl sites for hydroxylation is 2. The van der Waals surface area contributed by atoms with E-state index < -0.39 is 0 Å². The van der Waals surface area contributed by atoms with Gasteiger partial charge in [-0.3, -0.25) is 9.59 Å². The molecule has 2 amide bonds. The summed E-state index contributed by atoms with van der Waals surface area (Å²) in [4.78, 5) is 31.5. The smallest absolute Gasteiger partial charge is 0.226 e. The maximum absolute atomic E-state index is 12.8. The van der Waals surface area contributed by atoms with Crippen LogP contribution in [0.5, 0.6) is 0 Å². The number of nitrogens with one attached hydrogen (secondary N) is 1. The monoisotopic (exact) mass is 348 g/mol. The third kappa shape index (κ3) is 4.58. The molecule has 0 unspecified atom stereocenters. The average Bonchev–Trinajstić information content (AvgIpc) is 3.30. The van der Waals surface area contributed by atoms with Crippen molar-refractivity contribution in [3.63, 3.8) is 0 Å². The zero-order valence-corrected chi connectivity index (χ0v) is 15.0. The van der Waals surface area contributed by atoms with Gasteiger partial charge in [-0.2, -0.15) is 4.98 Å². The number of carbonyl (C=O) groups is 2. The van der Waals surface area contributed by atoms with E-state index in [0.717, 1.165) is 58.0 Å². The molecule has 3 rings (SSSR count). The summed E-state index contributed by atoms with van der Waals surface area (Å²) in [5, 5.41) is 6.76. The first kappa shape index (κ1) is 17.9. The van der Waals surface area contributed by atoms with Crippen LogP contribution in [-0.4, -0.2) is 46.5 Å². The number of aromatic nitrogens is 2. The van der Waals surface area contributed by atoms with Gasteiger partial charge in [-0.05, 0) is 39.0 Å². The summed E-state index contributed by atoms with van der Waals surface area (Å²) in [6, 6.07) is 0. The predicted molar refractivity (Wildman–Crippen MR) is 91.6 cm³/mol. The van der Waals surface area contributed by atoms with E-state index in [0.29, 0.717) is 24.7 Å². The molecule has 138 valence electrons. The van der Waals surface area contributed by atoms with Crippen molar-refractivity contribution in [1.29, 1.82) is 0 Å². The number of amides is 2. The van der Waals surface area contributed by atoms with Crippen molar-refractivity contribution in [3.05, 3.63) is 11.7 Å². The van der Waals surface area contributed by atoms with E-state index >= 15 is 0 Å². The molecule has 7 nitrogen and oxygen atoms in total. The van der Waals surface area contributed by atoms with Gasteiger partial charge in [0.15, 0.2) is 5.82 Å². The lowest BCUT2D eigenvalue weighted by Gasteiger charge is -2.32. The Labute approximate surface area is 148 Å². The quantitative estimate of drug-likeness (QED) is 0.793. The van der Waals surface area contributed by atoms with Crippen molar-refractivity contribution >= 4 is 11.8 Å². The molecule has 1 aromatic rings. The fourth-order valence-electron chi connectivity index (χ4n) is 3.94. The molecule has 1 aliphatic carbocycles. The van der Waals surface area contributed by atoms with E-state index in [4.69, 9.17) is 4.52 Å². The van der Waals surface area contributed by atoms with Crippen LogP contribution in [0.2, 0.25) is 0 Å². The molecule has 1 saturated heterocycles. The van der Waals surface area contributed by atoms with Gasteiger partial charge in [0, 0.05) is 37.9 Å². The van der Waals surface area contributed by atoms with E-state index in [1.165, 1.54) is 0 Å². The van der Waals surface area contributed by atoms with Gasteiger partial charge < -0.3 is 14.7 Å². The van der Waals surface area contributed by atoms with Gasteiger partial charge in [0.05, 0.1) is 0 Å². The van der Waals surface area contributed by atoms with Gasteiger partial charge in [0.2, 0.25) is 17.7 Å². The molecule has 0 bridgehead atoms. The summed E-state index contributed by atoms with van der Waals surface area (Å²) < 4.78 is 5.07. The van der Waals surface area contributed by atoms with Gasteiger partial charge in [0.25, 0.3) is 0 Å². The maximum Gasteiger partial charge on any atom is 0.226 e. The number of carbonyl (C=O) groups excluding carboxylic acids is 2. The fraction of sp³-hybridized carbons (Fsp3) is 0.778. The van der Waals surface area contributed by atoms with Crippen molar-refractivity contribution in [2.24, 2.45) is 11.8 Å². The highest BCUT2D eigenvalue weighted by molar-refractivity contribution is 5.88. The summed E-state index contributed by atoms with van der Waals surface area (Å²) in [5.41, 5.74) is 0. The Morgan fingerprint density at radius 2 is 1.88 bits per heavy atom. The molecule has 0 spiro atoms. The SMILES string of the molecule is Cc1noc(CCCNC(=O)[C@H]2CCCC[C@H]2C(=O)N2CCCC2)n1. The Morgan fingerprint density at radius 3 is 2.56 bits per heavy atom. The van der Waals surface area contributed by atoms with Crippen LogP contribution < -0.4 is 5.32 Å². The van der Waals surface area contributed by atoms with Crippen LogP contribution in [0.25, 0.3) is 0 Å². The third-order valence-electron chi connectivity index (χ3n) is 5.27. The summed E-state index contributed by atoms with van der Waals surface area (Å²) in [7, 11) is 0. The summed E-state index contributed by atoms with van der Waals surface area (Å²) in [6.07, 6.45) is 7.32. The second-order valence-electron chi connectivity index (χ2n) is 7.16. The molecule has 1 aromatic heterocycles. The van der Waals surface area contributed by atoms with Crippen LogP contribution in [0.15, 0.2) is 4.52 Å². The molecule has 25 heavy (non-hydrogen) atoms. The van der Waals surface area contributed by atoms with Crippen molar-refractivity contribution in [1.82, 2.24) is 20.4 Å². The first-order valence-corrected chi connectivity index (χ1v) is 9.51. The molecule has 0 aromatic carbocycles. The predicted octanol–water partition coefficient (Wildman–Crippen LogP) is 1.86. The van der Waals surface area contributed by atoms with Crippen LogP contribution in [0, 0.1) is 18.8 Å². The van der Waals surface area contributed by atoms with Gasteiger partial charge in [-0.15, -0.1) is 0 Å². The van der Waals surface area contributed by atoms with E-state index in [2.05, 4.69) is 15.5 Å². The lowest BCUT2D eigenvalue weighted by Crippen LogP contribution is -2.44. The van der Waals surface area contributed by atoms with Gasteiger partial charge in [-0.25, -0.2) is 0 Å². The van der Waals surface area contributed by atoms with E-state index in [-0.39, 0.29) is 23.7 Å². The minimum atomic E-state index is -0.174. The van der Waals surface area contributed by atoms with E-state index in [1.807, 2.05) is 4.90 Å². The summed E-state index contributed by atoms with van der Waals surface area (Å²) in [5.74, 6) is 1.14. The molecule has 1 aliphatic heterocycles. The highest BCUT2D eigenvalue weighted by Crippen LogP contribution is 2.32. The average molecular weight is 348 g/mol. The number of likely N-dealkylation sites (tertiary alicyclic amines) is 1. The number of rotatable bonds is 6. The van der Waals surface area contributed by atoms with Crippen LogP contribution >= 0.6 is 0 Å². The van der Waals surface area contributed by atoms with Crippen LogP contribution in [0.4, 0.5) is 0 Å².